The van der Waals surface area contributed by atoms with Gasteiger partial charge in [0.1, 0.15) is 10.5 Å². The van der Waals surface area contributed by atoms with Crippen LogP contribution in [0.2, 0.25) is 0 Å². The average molecular weight is 308 g/mol. The SMILES string of the molecule is CC(N)C1CCN(S(=O)(=O)c2c[nH]c3ncccc23)CC1. The molecule has 3 rings (SSSR count). The number of H-pyrrole nitrogens is 1. The highest BCUT2D eigenvalue weighted by Gasteiger charge is 2.32. The lowest BCUT2D eigenvalue weighted by Crippen LogP contribution is -2.42. The third-order valence-electron chi connectivity index (χ3n) is 4.27. The number of hydrogen-bond donors (Lipinski definition) is 2. The lowest BCUT2D eigenvalue weighted by atomic mass is 9.92. The molecule has 1 aliphatic heterocycles. The van der Waals surface area contributed by atoms with Gasteiger partial charge in [0.2, 0.25) is 10.0 Å². The Morgan fingerprint density at radius 3 is 2.81 bits per heavy atom. The second kappa shape index (κ2) is 5.40. The van der Waals surface area contributed by atoms with Crippen LogP contribution in [0.5, 0.6) is 0 Å². The fourth-order valence-electron chi connectivity index (χ4n) is 2.93. The minimum Gasteiger partial charge on any atom is -0.345 e. The van der Waals surface area contributed by atoms with Gasteiger partial charge in [-0.1, -0.05) is 0 Å². The summed E-state index contributed by atoms with van der Waals surface area (Å²) >= 11 is 0. The molecule has 6 nitrogen and oxygen atoms in total. The fraction of sp³-hybridized carbons (Fsp3) is 0.500. The third kappa shape index (κ3) is 2.56. The largest absolute Gasteiger partial charge is 0.345 e. The molecule has 114 valence electrons. The Hall–Kier alpha value is -1.44. The molecular weight excluding hydrogens is 288 g/mol. The number of hydrogen-bond acceptors (Lipinski definition) is 4. The van der Waals surface area contributed by atoms with Crippen LogP contribution in [0.15, 0.2) is 29.4 Å². The Kier molecular flexibility index (Phi) is 3.73. The van der Waals surface area contributed by atoms with Gasteiger partial charge in [0.05, 0.1) is 0 Å². The highest BCUT2D eigenvalue weighted by molar-refractivity contribution is 7.89. The lowest BCUT2D eigenvalue weighted by Gasteiger charge is -2.32. The molecule has 0 saturated carbocycles. The van der Waals surface area contributed by atoms with Gasteiger partial charge in [0, 0.05) is 36.9 Å². The van der Waals surface area contributed by atoms with Gasteiger partial charge in [-0.2, -0.15) is 4.31 Å². The van der Waals surface area contributed by atoms with E-state index in [9.17, 15) is 8.42 Å². The topological polar surface area (TPSA) is 92.1 Å². The van der Waals surface area contributed by atoms with Crippen molar-refractivity contribution in [2.45, 2.75) is 30.7 Å². The molecule has 2 aromatic heterocycles. The van der Waals surface area contributed by atoms with Crippen LogP contribution in [0.25, 0.3) is 11.0 Å². The number of sulfonamides is 1. The van der Waals surface area contributed by atoms with E-state index in [1.54, 1.807) is 22.6 Å². The smallest absolute Gasteiger partial charge is 0.245 e. The molecule has 0 aliphatic carbocycles. The molecule has 0 spiro atoms. The number of rotatable bonds is 3. The standard InChI is InChI=1S/C14H20N4O2S/c1-10(15)11-4-7-18(8-5-11)21(19,20)13-9-17-14-12(13)3-2-6-16-14/h2-3,6,9-11H,4-5,7-8,15H2,1H3,(H,16,17). The van der Waals surface area contributed by atoms with Gasteiger partial charge >= 0.3 is 0 Å². The van der Waals surface area contributed by atoms with Crippen molar-refractivity contribution in [1.29, 1.82) is 0 Å². The Morgan fingerprint density at radius 1 is 1.43 bits per heavy atom. The summed E-state index contributed by atoms with van der Waals surface area (Å²) in [5, 5.41) is 0.645. The van der Waals surface area contributed by atoms with Crippen molar-refractivity contribution in [3.05, 3.63) is 24.5 Å². The summed E-state index contributed by atoms with van der Waals surface area (Å²) in [6, 6.07) is 3.64. The number of piperidine rings is 1. The van der Waals surface area contributed by atoms with Crippen LogP contribution >= 0.6 is 0 Å². The first-order chi connectivity index (χ1) is 10.00. The van der Waals surface area contributed by atoms with Crippen LogP contribution < -0.4 is 5.73 Å². The van der Waals surface area contributed by atoms with E-state index in [1.165, 1.54) is 6.20 Å². The van der Waals surface area contributed by atoms with Crippen LogP contribution in [0.1, 0.15) is 19.8 Å². The zero-order valence-corrected chi connectivity index (χ0v) is 12.8. The summed E-state index contributed by atoms with van der Waals surface area (Å²) in [5.41, 5.74) is 6.51. The molecule has 2 aromatic rings. The van der Waals surface area contributed by atoms with Gasteiger partial charge in [0.15, 0.2) is 0 Å². The van der Waals surface area contributed by atoms with Crippen LogP contribution in [0, 0.1) is 5.92 Å². The van der Waals surface area contributed by atoms with E-state index in [0.717, 1.165) is 12.8 Å². The summed E-state index contributed by atoms with van der Waals surface area (Å²) < 4.78 is 27.1. The molecule has 1 unspecified atom stereocenters. The molecule has 1 aliphatic rings. The Balaban J connectivity index is 1.88. The molecule has 7 heteroatoms. The predicted molar refractivity (Wildman–Crippen MR) is 81.2 cm³/mol. The quantitative estimate of drug-likeness (QED) is 0.894. The zero-order chi connectivity index (χ0) is 15.0. The monoisotopic (exact) mass is 308 g/mol. The molecule has 3 N–H and O–H groups in total. The minimum atomic E-state index is -3.47. The van der Waals surface area contributed by atoms with E-state index < -0.39 is 10.0 Å². The van der Waals surface area contributed by atoms with Crippen molar-refractivity contribution in [1.82, 2.24) is 14.3 Å². The molecule has 1 atom stereocenters. The maximum absolute atomic E-state index is 12.8. The first-order valence-corrected chi connectivity index (χ1v) is 8.62. The van der Waals surface area contributed by atoms with E-state index in [-0.39, 0.29) is 6.04 Å². The highest BCUT2D eigenvalue weighted by Crippen LogP contribution is 2.28. The Bertz CT molecular complexity index is 730. The Morgan fingerprint density at radius 2 is 2.14 bits per heavy atom. The molecule has 0 amide bonds. The van der Waals surface area contributed by atoms with E-state index in [1.807, 2.05) is 6.92 Å². The molecular formula is C14H20N4O2S. The number of pyridine rings is 1. The first kappa shape index (κ1) is 14.5. The summed E-state index contributed by atoms with van der Waals surface area (Å²) in [6.07, 6.45) is 4.81. The van der Waals surface area contributed by atoms with E-state index in [2.05, 4.69) is 9.97 Å². The van der Waals surface area contributed by atoms with E-state index in [4.69, 9.17) is 5.73 Å². The lowest BCUT2D eigenvalue weighted by molar-refractivity contribution is 0.251. The number of nitrogens with one attached hydrogen (secondary N) is 1. The first-order valence-electron chi connectivity index (χ1n) is 7.18. The highest BCUT2D eigenvalue weighted by atomic mass is 32.2. The number of fused-ring (bicyclic) bond motifs is 1. The summed E-state index contributed by atoms with van der Waals surface area (Å²) in [6.45, 7) is 3.04. The van der Waals surface area contributed by atoms with Crippen molar-refractivity contribution in [2.24, 2.45) is 11.7 Å². The number of nitrogens with zero attached hydrogens (tertiary/aromatic N) is 2. The summed E-state index contributed by atoms with van der Waals surface area (Å²) in [7, 11) is -3.47. The average Bonchev–Trinajstić information content (AvgIpc) is 2.92. The normalized spacial score (nSPS) is 19.9. The van der Waals surface area contributed by atoms with Gasteiger partial charge in [-0.05, 0) is 37.8 Å². The molecule has 1 fully saturated rings. The van der Waals surface area contributed by atoms with Crippen molar-refractivity contribution < 1.29 is 8.42 Å². The number of aromatic amines is 1. The van der Waals surface area contributed by atoms with E-state index >= 15 is 0 Å². The molecule has 0 aromatic carbocycles. The molecule has 21 heavy (non-hydrogen) atoms. The van der Waals surface area contributed by atoms with Crippen molar-refractivity contribution in [3.8, 4) is 0 Å². The number of aromatic nitrogens is 2. The Labute approximate surface area is 124 Å². The van der Waals surface area contributed by atoms with Gasteiger partial charge in [-0.25, -0.2) is 13.4 Å². The molecule has 0 bridgehead atoms. The van der Waals surface area contributed by atoms with Gasteiger partial charge < -0.3 is 10.7 Å². The van der Waals surface area contributed by atoms with Gasteiger partial charge in [-0.3, -0.25) is 0 Å². The van der Waals surface area contributed by atoms with Crippen LogP contribution in [0.4, 0.5) is 0 Å². The molecule has 0 radical (unpaired) electrons. The maximum atomic E-state index is 12.8. The molecule has 3 heterocycles. The van der Waals surface area contributed by atoms with E-state index in [0.29, 0.717) is 34.9 Å². The maximum Gasteiger partial charge on any atom is 0.245 e. The minimum absolute atomic E-state index is 0.118. The zero-order valence-electron chi connectivity index (χ0n) is 12.0. The van der Waals surface area contributed by atoms with Crippen molar-refractivity contribution in [2.75, 3.05) is 13.1 Å². The van der Waals surface area contributed by atoms with Crippen LogP contribution in [-0.2, 0) is 10.0 Å². The summed E-state index contributed by atoms with van der Waals surface area (Å²) in [4.78, 5) is 7.37. The predicted octanol–water partition coefficient (Wildman–Crippen LogP) is 1.31. The second-order valence-electron chi connectivity index (χ2n) is 5.65. The summed E-state index contributed by atoms with van der Waals surface area (Å²) in [5.74, 6) is 0.404. The van der Waals surface area contributed by atoms with Crippen molar-refractivity contribution >= 4 is 21.1 Å². The fourth-order valence-corrected chi connectivity index (χ4v) is 4.55. The second-order valence-corrected chi connectivity index (χ2v) is 7.56. The molecule has 1 saturated heterocycles. The number of nitrogens with two attached hydrogens (primary N) is 1. The van der Waals surface area contributed by atoms with Crippen LogP contribution in [-0.4, -0.2) is 41.8 Å². The van der Waals surface area contributed by atoms with Crippen LogP contribution in [0.3, 0.4) is 0 Å². The van der Waals surface area contributed by atoms with Crippen molar-refractivity contribution in [3.63, 3.8) is 0 Å². The van der Waals surface area contributed by atoms with Gasteiger partial charge in [0.25, 0.3) is 0 Å². The third-order valence-corrected chi connectivity index (χ3v) is 6.21. The van der Waals surface area contributed by atoms with Gasteiger partial charge in [-0.15, -0.1) is 0 Å².